The van der Waals surface area contributed by atoms with Gasteiger partial charge in [-0.2, -0.15) is 5.26 Å². The summed E-state index contributed by atoms with van der Waals surface area (Å²) >= 11 is 0. The van der Waals surface area contributed by atoms with Crippen LogP contribution in [0.4, 0.5) is 0 Å². The maximum absolute atomic E-state index is 7.61. The second kappa shape index (κ2) is 34.7. The van der Waals surface area contributed by atoms with Gasteiger partial charge in [0.2, 0.25) is 0 Å². The smallest absolute Gasteiger partial charge is 0.135 e. The molecule has 0 saturated carbocycles. The van der Waals surface area contributed by atoms with Crippen molar-refractivity contribution in [1.82, 2.24) is 6.15 Å². The van der Waals surface area contributed by atoms with E-state index in [2.05, 4.69) is 17.5 Å². The molecule has 12 heavy (non-hydrogen) atoms. The van der Waals surface area contributed by atoms with Crippen LogP contribution in [0.5, 0.6) is 0 Å². The number of terminal acetylenes is 1. The van der Waals surface area contributed by atoms with Crippen molar-refractivity contribution in [2.45, 2.75) is 20.8 Å². The van der Waals surface area contributed by atoms with Gasteiger partial charge >= 0.3 is 0 Å². The number of nitrogens with two attached hydrogens (primary N) is 1. The van der Waals surface area contributed by atoms with Gasteiger partial charge in [0.15, 0.2) is 0 Å². The molecule has 70 valence electrons. The average Bonchev–Trinajstić information content (AvgIpc) is 1.91. The van der Waals surface area contributed by atoms with E-state index >= 15 is 0 Å². The third kappa shape index (κ3) is 5600. The van der Waals surface area contributed by atoms with Crippen molar-refractivity contribution in [2.24, 2.45) is 10.9 Å². The van der Waals surface area contributed by atoms with Crippen LogP contribution in [0.15, 0.2) is 5.16 Å². The van der Waals surface area contributed by atoms with Crippen molar-refractivity contribution in [2.75, 3.05) is 0 Å². The van der Waals surface area contributed by atoms with E-state index in [0.29, 0.717) is 0 Å². The molecule has 0 aromatic carbocycles. The highest BCUT2D eigenvalue weighted by Crippen LogP contribution is 1.51. The maximum atomic E-state index is 7.61. The summed E-state index contributed by atoms with van der Waals surface area (Å²) in [6.45, 7) is 4.58. The van der Waals surface area contributed by atoms with E-state index < -0.39 is 0 Å². The number of nitriles is 1. The van der Waals surface area contributed by atoms with Crippen LogP contribution in [0.3, 0.4) is 0 Å². The van der Waals surface area contributed by atoms with Crippen molar-refractivity contribution in [3.05, 3.63) is 0 Å². The van der Waals surface area contributed by atoms with Gasteiger partial charge < -0.3 is 17.1 Å². The first kappa shape index (κ1) is 22.4. The van der Waals surface area contributed by atoms with E-state index in [9.17, 15) is 0 Å². The molecule has 0 spiro atoms. The molecule has 6 N–H and O–H groups in total. The summed E-state index contributed by atoms with van der Waals surface area (Å²) in [6, 6.07) is 1.75. The molecule has 5 heteroatoms. The Bertz CT molecular complexity index is 147. The van der Waals surface area contributed by atoms with E-state index in [1.165, 1.54) is 13.8 Å². The summed E-state index contributed by atoms with van der Waals surface area (Å²) in [6.07, 6.45) is 4.60. The van der Waals surface area contributed by atoms with Gasteiger partial charge in [-0.15, -0.1) is 12.3 Å². The molecule has 0 aliphatic carbocycles. The third-order valence-electron chi connectivity index (χ3n) is 0.158. The van der Waals surface area contributed by atoms with Gasteiger partial charge in [-0.3, -0.25) is 0 Å². The summed E-state index contributed by atoms with van der Waals surface area (Å²) in [5.74, 6) is 2.44. The van der Waals surface area contributed by atoms with Gasteiger partial charge in [-0.25, -0.2) is 0 Å². The first-order valence-corrected chi connectivity index (χ1v) is 2.72. The molecule has 0 bridgehead atoms. The lowest BCUT2D eigenvalue weighted by Crippen LogP contribution is -2.03. The minimum atomic E-state index is 0. The van der Waals surface area contributed by atoms with Crippen molar-refractivity contribution >= 4 is 5.84 Å². The Balaban J connectivity index is -0.0000000406. The fourth-order valence-electron chi connectivity index (χ4n) is 0. The topological polar surface area (TPSA) is 117 Å². The van der Waals surface area contributed by atoms with Gasteiger partial charge in [0.05, 0.1) is 6.07 Å². The largest absolute Gasteiger partial charge is 0.409 e. The number of amidine groups is 1. The van der Waals surface area contributed by atoms with Crippen LogP contribution in [0, 0.1) is 23.7 Å². The van der Waals surface area contributed by atoms with Gasteiger partial charge in [0.25, 0.3) is 0 Å². The quantitative estimate of drug-likeness (QED) is 0.166. The predicted octanol–water partition coefficient (Wildman–Crippen LogP) is 1.08. The third-order valence-corrected chi connectivity index (χ3v) is 0.158. The molecule has 0 atom stereocenters. The zero-order valence-corrected chi connectivity index (χ0v) is 7.70. The maximum Gasteiger partial charge on any atom is 0.135 e. The van der Waals surface area contributed by atoms with Crippen LogP contribution in [-0.4, -0.2) is 11.0 Å². The Morgan fingerprint density at radius 3 is 1.67 bits per heavy atom. The highest BCUT2D eigenvalue weighted by molar-refractivity contribution is 5.76. The monoisotopic (exact) mass is 172 g/mol. The molecule has 0 radical (unpaired) electrons. The molecular formula is C7H16N4O. The van der Waals surface area contributed by atoms with Crippen LogP contribution in [0.1, 0.15) is 20.8 Å². The zero-order valence-electron chi connectivity index (χ0n) is 7.70. The van der Waals surface area contributed by atoms with Gasteiger partial charge in [0.1, 0.15) is 5.84 Å². The first-order chi connectivity index (χ1) is 5.10. The van der Waals surface area contributed by atoms with Crippen molar-refractivity contribution in [3.63, 3.8) is 0 Å². The Kier molecular flexibility index (Phi) is 65.0. The summed E-state index contributed by atoms with van der Waals surface area (Å²) in [4.78, 5) is 0. The predicted molar refractivity (Wildman–Crippen MR) is 49.9 cm³/mol. The van der Waals surface area contributed by atoms with E-state index in [4.69, 9.17) is 16.2 Å². The molecule has 0 rings (SSSR count). The SMILES string of the molecule is C#CC.C/C(N)=N/O.CC#N.N. The van der Waals surface area contributed by atoms with E-state index in [0.717, 1.165) is 0 Å². The number of nitrogens with zero attached hydrogens (tertiary/aromatic N) is 2. The highest BCUT2D eigenvalue weighted by Gasteiger charge is 1.64. The summed E-state index contributed by atoms with van der Waals surface area (Å²) in [7, 11) is 0. The lowest BCUT2D eigenvalue weighted by molar-refractivity contribution is 0.318. The molecule has 0 heterocycles. The Labute approximate surface area is 73.5 Å². The molecule has 0 fully saturated rings. The number of oxime groups is 1. The van der Waals surface area contributed by atoms with Gasteiger partial charge in [-0.05, 0) is 13.8 Å². The molecule has 0 aromatic rings. The Morgan fingerprint density at radius 1 is 1.58 bits per heavy atom. The Hall–Kier alpha value is -1.72. The summed E-state index contributed by atoms with van der Waals surface area (Å²) < 4.78 is 0. The average molecular weight is 172 g/mol. The molecular weight excluding hydrogens is 156 g/mol. The van der Waals surface area contributed by atoms with Gasteiger partial charge in [0, 0.05) is 6.92 Å². The number of hydrogen-bond donors (Lipinski definition) is 3. The van der Waals surface area contributed by atoms with Crippen LogP contribution >= 0.6 is 0 Å². The fraction of sp³-hybridized carbons (Fsp3) is 0.429. The van der Waals surface area contributed by atoms with Crippen molar-refractivity contribution < 1.29 is 5.21 Å². The molecule has 0 aliphatic heterocycles. The standard InChI is InChI=1S/C3H4.C2H6N2O.C2H3N.H3N/c1-3-2;1-2(3)4-5;1-2-3;/h1H,2H3;5H,1H3,(H2,3,4);1H3;1H3. The van der Waals surface area contributed by atoms with Crippen molar-refractivity contribution in [1.29, 1.82) is 5.26 Å². The van der Waals surface area contributed by atoms with Crippen LogP contribution in [-0.2, 0) is 0 Å². The minimum Gasteiger partial charge on any atom is -0.409 e. The van der Waals surface area contributed by atoms with E-state index in [1.54, 1.807) is 13.0 Å². The van der Waals surface area contributed by atoms with Crippen LogP contribution in [0.2, 0.25) is 0 Å². The first-order valence-electron chi connectivity index (χ1n) is 2.72. The Morgan fingerprint density at radius 2 is 1.67 bits per heavy atom. The molecule has 0 aromatic heterocycles. The molecule has 0 unspecified atom stereocenters. The number of rotatable bonds is 0. The lowest BCUT2D eigenvalue weighted by atomic mass is 10.7. The van der Waals surface area contributed by atoms with E-state index in [1.807, 2.05) is 0 Å². The second-order valence-electron chi connectivity index (χ2n) is 1.25. The van der Waals surface area contributed by atoms with Crippen LogP contribution < -0.4 is 11.9 Å². The van der Waals surface area contributed by atoms with E-state index in [-0.39, 0.29) is 12.0 Å². The summed E-state index contributed by atoms with van der Waals surface area (Å²) in [5.41, 5.74) is 4.79. The minimum absolute atomic E-state index is 0. The molecule has 0 aliphatic rings. The molecule has 5 nitrogen and oxygen atoms in total. The highest BCUT2D eigenvalue weighted by atomic mass is 16.4. The fourth-order valence-corrected chi connectivity index (χ4v) is 0. The molecule has 0 saturated heterocycles. The zero-order chi connectivity index (χ0) is 9.70. The number of hydrogen-bond acceptors (Lipinski definition) is 4. The normalized spacial score (nSPS) is 6.25. The lowest BCUT2D eigenvalue weighted by Gasteiger charge is -1.73. The summed E-state index contributed by atoms with van der Waals surface area (Å²) in [5, 5.41) is 17.5. The second-order valence-corrected chi connectivity index (χ2v) is 1.25. The van der Waals surface area contributed by atoms with Crippen LogP contribution in [0.25, 0.3) is 0 Å². The van der Waals surface area contributed by atoms with Crippen molar-refractivity contribution in [3.8, 4) is 18.4 Å². The molecule has 0 amide bonds. The van der Waals surface area contributed by atoms with Gasteiger partial charge in [-0.1, -0.05) is 5.16 Å².